The first-order valence-corrected chi connectivity index (χ1v) is 10.0. The third-order valence-corrected chi connectivity index (χ3v) is 3.96. The van der Waals surface area contributed by atoms with E-state index < -0.39 is 24.3 Å². The monoisotopic (exact) mass is 552 g/mol. The van der Waals surface area contributed by atoms with Crippen molar-refractivity contribution in [1.29, 1.82) is 10.8 Å². The zero-order valence-corrected chi connectivity index (χ0v) is 19.2. The van der Waals surface area contributed by atoms with Gasteiger partial charge in [0.25, 0.3) is 0 Å². The van der Waals surface area contributed by atoms with Crippen molar-refractivity contribution in [3.63, 3.8) is 0 Å². The van der Waals surface area contributed by atoms with Crippen LogP contribution in [-0.4, -0.2) is 58.6 Å². The Hall–Kier alpha value is -4.63. The summed E-state index contributed by atoms with van der Waals surface area (Å²) in [7, 11) is 0. The van der Waals surface area contributed by atoms with E-state index in [9.17, 15) is 31.1 Å². The van der Waals surface area contributed by atoms with E-state index in [-0.39, 0.29) is 17.5 Å². The summed E-state index contributed by atoms with van der Waals surface area (Å²) in [5.41, 5.74) is 12.6. The molecule has 0 heterocycles. The quantitative estimate of drug-likeness (QED) is 0.0938. The number of amidine groups is 2. The Labute approximate surface area is 210 Å². The van der Waals surface area contributed by atoms with Gasteiger partial charge in [-0.1, -0.05) is 36.4 Å². The van der Waals surface area contributed by atoms with Crippen LogP contribution in [0.4, 0.5) is 26.3 Å². The van der Waals surface area contributed by atoms with Gasteiger partial charge in [0.2, 0.25) is 0 Å². The lowest BCUT2D eigenvalue weighted by Gasteiger charge is -2.07. The first-order valence-electron chi connectivity index (χ1n) is 10.0. The SMILES string of the molecule is N=C(N)c1ccc(C(=O)CCCOc2cccc(C(=N)N)c2)cc1.O=C(O)C(F)(F)F.O=C(O)C(F)(F)F. The highest BCUT2D eigenvalue weighted by Gasteiger charge is 2.38. The third kappa shape index (κ3) is 13.5. The van der Waals surface area contributed by atoms with Crippen LogP contribution in [0.5, 0.6) is 5.75 Å². The number of aliphatic carboxylic acids is 2. The van der Waals surface area contributed by atoms with Crippen molar-refractivity contribution in [2.24, 2.45) is 11.5 Å². The highest BCUT2D eigenvalue weighted by Crippen LogP contribution is 2.15. The number of Topliss-reactive ketones (excluding diaryl/α,β-unsaturated/α-hetero) is 1. The number of hydrogen-bond acceptors (Lipinski definition) is 6. The van der Waals surface area contributed by atoms with Gasteiger partial charge in [-0.2, -0.15) is 26.3 Å². The number of carbonyl (C=O) groups excluding carboxylic acids is 1. The van der Waals surface area contributed by atoms with Crippen molar-refractivity contribution in [2.75, 3.05) is 6.61 Å². The minimum atomic E-state index is -5.08. The molecule has 0 spiro atoms. The number of halogens is 6. The Kier molecular flexibility index (Phi) is 13.0. The van der Waals surface area contributed by atoms with Crippen LogP contribution in [-0.2, 0) is 9.59 Å². The van der Waals surface area contributed by atoms with Gasteiger partial charge in [0.05, 0.1) is 6.61 Å². The Morgan fingerprint density at radius 1 is 0.763 bits per heavy atom. The third-order valence-electron chi connectivity index (χ3n) is 3.96. The Balaban J connectivity index is 0.000000804. The zero-order valence-electron chi connectivity index (χ0n) is 19.2. The van der Waals surface area contributed by atoms with Crippen molar-refractivity contribution in [3.05, 3.63) is 65.2 Å². The molecule has 8 N–H and O–H groups in total. The number of carboxylic acid groups (broad SMARTS) is 2. The molecule has 0 aromatic heterocycles. The Bertz CT molecular complexity index is 1110. The number of ether oxygens (including phenoxy) is 1. The second-order valence-corrected chi connectivity index (χ2v) is 6.91. The molecule has 2 aromatic carbocycles. The van der Waals surface area contributed by atoms with Crippen molar-refractivity contribution < 1.29 is 55.7 Å². The molecule has 2 aromatic rings. The molecule has 38 heavy (non-hydrogen) atoms. The number of carboxylic acids is 2. The molecule has 0 bridgehead atoms. The first kappa shape index (κ1) is 33.4. The van der Waals surface area contributed by atoms with Crippen LogP contribution in [0.2, 0.25) is 0 Å². The van der Waals surface area contributed by atoms with Crippen LogP contribution in [0, 0.1) is 10.8 Å². The minimum absolute atomic E-state index is 0.00960. The summed E-state index contributed by atoms with van der Waals surface area (Å²) in [5.74, 6) is -4.90. The first-order chi connectivity index (χ1) is 17.4. The molecule has 0 aliphatic heterocycles. The average molecular weight is 552 g/mol. The normalized spacial score (nSPS) is 10.6. The van der Waals surface area contributed by atoms with Gasteiger partial charge in [-0.15, -0.1) is 0 Å². The van der Waals surface area contributed by atoms with Crippen LogP contribution in [0.15, 0.2) is 48.5 Å². The van der Waals surface area contributed by atoms with Gasteiger partial charge in [-0.05, 0) is 18.6 Å². The molecule has 0 fully saturated rings. The van der Waals surface area contributed by atoms with Crippen LogP contribution >= 0.6 is 0 Å². The lowest BCUT2D eigenvalue weighted by atomic mass is 10.0. The topological polar surface area (TPSA) is 201 Å². The lowest BCUT2D eigenvalue weighted by molar-refractivity contribution is -0.193. The lowest BCUT2D eigenvalue weighted by Crippen LogP contribution is -2.21. The summed E-state index contributed by atoms with van der Waals surface area (Å²) in [4.78, 5) is 29.9. The van der Waals surface area contributed by atoms with Gasteiger partial charge >= 0.3 is 24.3 Å². The van der Waals surface area contributed by atoms with Crippen molar-refractivity contribution in [3.8, 4) is 5.75 Å². The van der Waals surface area contributed by atoms with E-state index in [1.54, 1.807) is 48.5 Å². The van der Waals surface area contributed by atoms with E-state index in [1.165, 1.54) is 0 Å². The molecular formula is C22H22F6N4O6. The second kappa shape index (κ2) is 14.8. The smallest absolute Gasteiger partial charge is 0.490 e. The molecule has 0 saturated carbocycles. The van der Waals surface area contributed by atoms with E-state index in [4.69, 9.17) is 46.8 Å². The number of nitrogens with two attached hydrogens (primary N) is 2. The van der Waals surface area contributed by atoms with E-state index in [1.807, 2.05) is 0 Å². The molecule has 208 valence electrons. The fourth-order valence-electron chi connectivity index (χ4n) is 2.16. The molecule has 10 nitrogen and oxygen atoms in total. The fraction of sp³-hybridized carbons (Fsp3) is 0.227. The standard InChI is InChI=1S/C18H20N4O2.2C2HF3O2/c19-17(20)13-8-6-12(7-9-13)16(23)5-2-10-24-15-4-1-3-14(11-15)18(21)22;2*3-2(4,5)1(6)7/h1,3-4,6-9,11H,2,5,10H2,(H3,19,20)(H3,21,22);2*(H,6,7). The number of ketones is 1. The number of benzene rings is 2. The van der Waals surface area contributed by atoms with Gasteiger partial charge < -0.3 is 26.4 Å². The second-order valence-electron chi connectivity index (χ2n) is 6.91. The predicted octanol–water partition coefficient (Wildman–Crippen LogP) is 3.56. The summed E-state index contributed by atoms with van der Waals surface area (Å²) < 4.78 is 69.1. The zero-order chi connectivity index (χ0) is 29.7. The van der Waals surface area contributed by atoms with Crippen LogP contribution in [0.1, 0.15) is 34.3 Å². The summed E-state index contributed by atoms with van der Waals surface area (Å²) in [6, 6.07) is 13.7. The highest BCUT2D eigenvalue weighted by atomic mass is 19.4. The van der Waals surface area contributed by atoms with E-state index >= 15 is 0 Å². The number of rotatable bonds is 8. The summed E-state index contributed by atoms with van der Waals surface area (Å²) in [6.45, 7) is 0.401. The largest absolute Gasteiger partial charge is 0.494 e. The van der Waals surface area contributed by atoms with Gasteiger partial charge in [0.15, 0.2) is 5.78 Å². The maximum absolute atomic E-state index is 12.1. The Morgan fingerprint density at radius 2 is 1.18 bits per heavy atom. The number of nitrogen functional groups attached to an aromatic ring is 2. The van der Waals surface area contributed by atoms with Gasteiger partial charge in [0, 0.05) is 23.1 Å². The number of carbonyl (C=O) groups is 3. The molecule has 0 amide bonds. The summed E-state index contributed by atoms with van der Waals surface area (Å²) >= 11 is 0. The molecular weight excluding hydrogens is 530 g/mol. The van der Waals surface area contributed by atoms with E-state index in [2.05, 4.69) is 0 Å². The molecule has 0 unspecified atom stereocenters. The predicted molar refractivity (Wildman–Crippen MR) is 121 cm³/mol. The van der Waals surface area contributed by atoms with Crippen molar-refractivity contribution >= 4 is 29.4 Å². The number of hydrogen-bond donors (Lipinski definition) is 6. The number of alkyl halides is 6. The van der Waals surface area contributed by atoms with Gasteiger partial charge in [-0.3, -0.25) is 15.6 Å². The summed E-state index contributed by atoms with van der Waals surface area (Å²) in [5, 5.41) is 29.0. The van der Waals surface area contributed by atoms with Crippen LogP contribution in [0.3, 0.4) is 0 Å². The maximum atomic E-state index is 12.1. The molecule has 2 rings (SSSR count). The van der Waals surface area contributed by atoms with Gasteiger partial charge in [-0.25, -0.2) is 9.59 Å². The molecule has 0 aliphatic rings. The molecule has 0 atom stereocenters. The minimum Gasteiger partial charge on any atom is -0.494 e. The molecule has 0 saturated heterocycles. The maximum Gasteiger partial charge on any atom is 0.490 e. The van der Waals surface area contributed by atoms with Crippen molar-refractivity contribution in [1.82, 2.24) is 0 Å². The molecule has 0 aliphatic carbocycles. The fourth-order valence-corrected chi connectivity index (χ4v) is 2.16. The van der Waals surface area contributed by atoms with E-state index in [0.29, 0.717) is 41.9 Å². The Morgan fingerprint density at radius 3 is 1.58 bits per heavy atom. The highest BCUT2D eigenvalue weighted by molar-refractivity contribution is 5.99. The molecule has 0 radical (unpaired) electrons. The van der Waals surface area contributed by atoms with Crippen LogP contribution in [0.25, 0.3) is 0 Å². The number of nitrogens with one attached hydrogen (secondary N) is 2. The van der Waals surface area contributed by atoms with Crippen LogP contribution < -0.4 is 16.2 Å². The van der Waals surface area contributed by atoms with E-state index in [0.717, 1.165) is 0 Å². The van der Waals surface area contributed by atoms with Crippen molar-refractivity contribution in [2.45, 2.75) is 25.2 Å². The average Bonchev–Trinajstić information content (AvgIpc) is 2.81. The molecule has 16 heteroatoms. The van der Waals surface area contributed by atoms with Gasteiger partial charge in [0.1, 0.15) is 17.4 Å². The summed E-state index contributed by atoms with van der Waals surface area (Å²) in [6.07, 6.45) is -9.22.